The second kappa shape index (κ2) is 9.48. The van der Waals surface area contributed by atoms with Crippen molar-refractivity contribution in [3.8, 4) is 0 Å². The summed E-state index contributed by atoms with van der Waals surface area (Å²) in [5, 5.41) is 2.04. The average molecular weight is 358 g/mol. The topological polar surface area (TPSA) is 77.0 Å². The van der Waals surface area contributed by atoms with Gasteiger partial charge in [-0.25, -0.2) is 9.59 Å². The van der Waals surface area contributed by atoms with Crippen LogP contribution in [-0.2, 0) is 22.7 Å². The van der Waals surface area contributed by atoms with E-state index >= 15 is 0 Å². The minimum atomic E-state index is -0.852. The molecule has 0 spiro atoms. The summed E-state index contributed by atoms with van der Waals surface area (Å²) in [6.07, 6.45) is -1.61. The predicted molar refractivity (Wildman–Crippen MR) is 97.5 cm³/mol. The van der Waals surface area contributed by atoms with Crippen molar-refractivity contribution in [3.05, 3.63) is 71.3 Å². The molecule has 0 fully saturated rings. The van der Waals surface area contributed by atoms with Crippen LogP contribution in [0.15, 0.2) is 59.6 Å². The minimum absolute atomic E-state index is 0.0868. The standard InChI is InChI=1S/C18H18N2O4S/c1-13-6-5-9-15(10-13)12-24-18(22)20-16(25)19-17(21)23-11-14-7-3-2-4-8-14/h2-10H,11-12H2,1H3,(H2,19,20,21,22,25). The molecular formula is C18H18N2O4S. The van der Waals surface area contributed by atoms with Crippen molar-refractivity contribution >= 4 is 30.0 Å². The van der Waals surface area contributed by atoms with Gasteiger partial charge in [0.05, 0.1) is 0 Å². The Morgan fingerprint density at radius 1 is 1.00 bits per heavy atom. The first kappa shape index (κ1) is 18.5. The van der Waals surface area contributed by atoms with Crippen LogP contribution >= 0.6 is 12.6 Å². The zero-order valence-electron chi connectivity index (χ0n) is 13.6. The van der Waals surface area contributed by atoms with Crippen molar-refractivity contribution in [2.24, 2.45) is 4.99 Å². The summed E-state index contributed by atoms with van der Waals surface area (Å²) in [7, 11) is 0. The van der Waals surface area contributed by atoms with Gasteiger partial charge in [-0.2, -0.15) is 4.99 Å². The highest BCUT2D eigenvalue weighted by Gasteiger charge is 2.08. The van der Waals surface area contributed by atoms with Crippen LogP contribution in [0.3, 0.4) is 0 Å². The summed E-state index contributed by atoms with van der Waals surface area (Å²) in [6, 6.07) is 16.7. The number of hydrogen-bond acceptors (Lipinski definition) is 4. The third kappa shape index (κ3) is 7.09. The fourth-order valence-electron chi connectivity index (χ4n) is 1.94. The van der Waals surface area contributed by atoms with Crippen LogP contribution in [-0.4, -0.2) is 17.4 Å². The van der Waals surface area contributed by atoms with E-state index in [1.807, 2.05) is 61.5 Å². The zero-order valence-corrected chi connectivity index (χ0v) is 14.5. The van der Waals surface area contributed by atoms with Crippen molar-refractivity contribution in [1.29, 1.82) is 0 Å². The summed E-state index contributed by atoms with van der Waals surface area (Å²) in [4.78, 5) is 26.7. The molecule has 0 saturated carbocycles. The molecule has 130 valence electrons. The van der Waals surface area contributed by atoms with E-state index < -0.39 is 12.2 Å². The van der Waals surface area contributed by atoms with Gasteiger partial charge < -0.3 is 9.47 Å². The van der Waals surface area contributed by atoms with Crippen molar-refractivity contribution in [3.63, 3.8) is 0 Å². The maximum atomic E-state index is 11.6. The molecule has 0 aliphatic heterocycles. The highest BCUT2D eigenvalue weighted by atomic mass is 32.1. The summed E-state index contributed by atoms with van der Waals surface area (Å²) >= 11 is 3.92. The van der Waals surface area contributed by atoms with Crippen LogP contribution in [0.1, 0.15) is 16.7 Å². The highest BCUT2D eigenvalue weighted by molar-refractivity contribution is 7.96. The van der Waals surface area contributed by atoms with Crippen LogP contribution in [0, 0.1) is 6.92 Å². The third-order valence-corrected chi connectivity index (χ3v) is 3.28. The number of aryl methyl sites for hydroxylation is 1. The lowest BCUT2D eigenvalue weighted by molar-refractivity contribution is 0.145. The van der Waals surface area contributed by atoms with Crippen molar-refractivity contribution in [2.75, 3.05) is 0 Å². The summed E-state index contributed by atoms with van der Waals surface area (Å²) in [5.74, 6) is 0. The number of carbonyl (C=O) groups is 2. The van der Waals surface area contributed by atoms with E-state index in [0.717, 1.165) is 16.7 Å². The first-order chi connectivity index (χ1) is 12.0. The molecule has 2 amide bonds. The maximum Gasteiger partial charge on any atom is 0.436 e. The Labute approximate surface area is 151 Å². The molecule has 25 heavy (non-hydrogen) atoms. The molecule has 0 radical (unpaired) electrons. The summed E-state index contributed by atoms with van der Waals surface area (Å²) in [6.45, 7) is 2.13. The molecule has 7 heteroatoms. The minimum Gasteiger partial charge on any atom is -0.444 e. The number of thiol groups is 1. The quantitative estimate of drug-likeness (QED) is 0.494. The smallest absolute Gasteiger partial charge is 0.436 e. The Hall–Kier alpha value is -2.80. The van der Waals surface area contributed by atoms with E-state index in [1.54, 1.807) is 0 Å². The van der Waals surface area contributed by atoms with Gasteiger partial charge in [0.25, 0.3) is 0 Å². The van der Waals surface area contributed by atoms with Crippen molar-refractivity contribution in [1.82, 2.24) is 5.32 Å². The number of hydrogen-bond donors (Lipinski definition) is 2. The van der Waals surface area contributed by atoms with E-state index in [1.165, 1.54) is 0 Å². The van der Waals surface area contributed by atoms with E-state index in [0.29, 0.717) is 0 Å². The van der Waals surface area contributed by atoms with Gasteiger partial charge in [-0.3, -0.25) is 5.32 Å². The largest absolute Gasteiger partial charge is 0.444 e. The number of nitrogens with one attached hydrogen (secondary N) is 1. The van der Waals surface area contributed by atoms with Crippen LogP contribution in [0.25, 0.3) is 0 Å². The second-order valence-electron chi connectivity index (χ2n) is 5.17. The lowest BCUT2D eigenvalue weighted by Crippen LogP contribution is -2.28. The molecule has 0 heterocycles. The fourth-order valence-corrected chi connectivity index (χ4v) is 2.12. The molecule has 2 aromatic carbocycles. The van der Waals surface area contributed by atoms with Crippen LogP contribution < -0.4 is 5.32 Å². The number of carbonyl (C=O) groups excluding carboxylic acids is 2. The normalized spacial score (nSPS) is 10.9. The molecule has 0 aliphatic rings. The Balaban J connectivity index is 1.75. The predicted octanol–water partition coefficient (Wildman–Crippen LogP) is 3.84. The molecule has 2 aromatic rings. The van der Waals surface area contributed by atoms with Gasteiger partial charge in [0.1, 0.15) is 13.2 Å². The fraction of sp³-hybridized carbons (Fsp3) is 0.167. The Morgan fingerprint density at radius 2 is 1.68 bits per heavy atom. The number of alkyl carbamates (subject to hydrolysis) is 1. The number of rotatable bonds is 4. The molecule has 0 unspecified atom stereocenters. The molecule has 6 nitrogen and oxygen atoms in total. The van der Waals surface area contributed by atoms with Crippen molar-refractivity contribution < 1.29 is 19.1 Å². The average Bonchev–Trinajstić information content (AvgIpc) is 2.59. The van der Waals surface area contributed by atoms with Crippen LogP contribution in [0.4, 0.5) is 9.59 Å². The van der Waals surface area contributed by atoms with E-state index in [-0.39, 0.29) is 18.4 Å². The molecule has 0 bridgehead atoms. The lowest BCUT2D eigenvalue weighted by Gasteiger charge is -2.06. The van der Waals surface area contributed by atoms with Gasteiger partial charge in [0.15, 0.2) is 5.17 Å². The zero-order chi connectivity index (χ0) is 18.1. The molecule has 1 N–H and O–H groups in total. The number of nitrogens with zero attached hydrogens (tertiary/aromatic N) is 1. The van der Waals surface area contributed by atoms with E-state index in [2.05, 4.69) is 22.9 Å². The monoisotopic (exact) mass is 358 g/mol. The van der Waals surface area contributed by atoms with E-state index in [4.69, 9.17) is 9.47 Å². The van der Waals surface area contributed by atoms with Crippen LogP contribution in [0.2, 0.25) is 0 Å². The summed E-state index contributed by atoms with van der Waals surface area (Å²) < 4.78 is 9.99. The molecule has 0 atom stereocenters. The van der Waals surface area contributed by atoms with Crippen LogP contribution in [0.5, 0.6) is 0 Å². The van der Waals surface area contributed by atoms with Gasteiger partial charge in [0.2, 0.25) is 0 Å². The number of amides is 2. The number of ether oxygens (including phenoxy) is 2. The Morgan fingerprint density at radius 3 is 2.40 bits per heavy atom. The molecule has 2 rings (SSSR count). The van der Waals surface area contributed by atoms with Gasteiger partial charge >= 0.3 is 12.2 Å². The number of aliphatic imine (C=N–C) groups is 1. The maximum absolute atomic E-state index is 11.6. The number of amidine groups is 1. The molecular weight excluding hydrogens is 340 g/mol. The van der Waals surface area contributed by atoms with Gasteiger partial charge in [0, 0.05) is 0 Å². The summed E-state index contributed by atoms with van der Waals surface area (Å²) in [5.41, 5.74) is 2.75. The van der Waals surface area contributed by atoms with Gasteiger partial charge in [-0.15, -0.1) is 12.6 Å². The molecule has 0 saturated heterocycles. The highest BCUT2D eigenvalue weighted by Crippen LogP contribution is 2.06. The van der Waals surface area contributed by atoms with Gasteiger partial charge in [-0.1, -0.05) is 60.2 Å². The SMILES string of the molecule is Cc1cccc(COC(=O)N=C(S)NC(=O)OCc2ccccc2)c1. The Bertz CT molecular complexity index is 763. The van der Waals surface area contributed by atoms with E-state index in [9.17, 15) is 9.59 Å². The molecule has 0 aliphatic carbocycles. The third-order valence-electron chi connectivity index (χ3n) is 3.07. The lowest BCUT2D eigenvalue weighted by atomic mass is 10.1. The second-order valence-corrected chi connectivity index (χ2v) is 5.59. The Kier molecular flexibility index (Phi) is 7.03. The first-order valence-corrected chi connectivity index (χ1v) is 7.95. The van der Waals surface area contributed by atoms with Crippen molar-refractivity contribution in [2.45, 2.75) is 20.1 Å². The number of benzene rings is 2. The molecule has 0 aromatic heterocycles. The first-order valence-electron chi connectivity index (χ1n) is 7.50. The van der Waals surface area contributed by atoms with Gasteiger partial charge in [-0.05, 0) is 18.1 Å².